The molecule has 0 N–H and O–H groups in total. The fourth-order valence-corrected chi connectivity index (χ4v) is 4.32. The van der Waals surface area contributed by atoms with Crippen molar-refractivity contribution >= 4 is 5.97 Å². The van der Waals surface area contributed by atoms with Crippen LogP contribution in [0.5, 0.6) is 0 Å². The second kappa shape index (κ2) is 5.99. The third-order valence-electron chi connectivity index (χ3n) is 5.65. The predicted molar refractivity (Wildman–Crippen MR) is 91.1 cm³/mol. The van der Waals surface area contributed by atoms with Crippen molar-refractivity contribution in [3.05, 3.63) is 59.2 Å². The predicted octanol–water partition coefficient (Wildman–Crippen LogP) is 5.07. The lowest BCUT2D eigenvalue weighted by Crippen LogP contribution is -2.30. The van der Waals surface area contributed by atoms with Gasteiger partial charge in [0.15, 0.2) is 0 Å². The van der Waals surface area contributed by atoms with Gasteiger partial charge in [-0.25, -0.2) is 4.79 Å². The van der Waals surface area contributed by atoms with Gasteiger partial charge in [0.1, 0.15) is 5.60 Å². The molecule has 1 aliphatic heterocycles. The van der Waals surface area contributed by atoms with Crippen molar-refractivity contribution in [1.29, 1.82) is 0 Å². The highest BCUT2D eigenvalue weighted by molar-refractivity contribution is 5.96. The topological polar surface area (TPSA) is 26.3 Å². The molecule has 1 unspecified atom stereocenters. The van der Waals surface area contributed by atoms with Crippen molar-refractivity contribution in [3.8, 4) is 0 Å². The molecule has 1 heterocycles. The largest absolute Gasteiger partial charge is 0.451 e. The van der Waals surface area contributed by atoms with Crippen LogP contribution in [0.25, 0.3) is 0 Å². The highest BCUT2D eigenvalue weighted by atomic mass is 16.6. The summed E-state index contributed by atoms with van der Waals surface area (Å²) < 4.78 is 5.79. The minimum atomic E-state index is -0.276. The number of hydrogen-bond acceptors (Lipinski definition) is 2. The summed E-state index contributed by atoms with van der Waals surface area (Å²) in [4.78, 5) is 12.4. The Bertz CT molecular complexity index is 648. The first kappa shape index (κ1) is 14.7. The van der Waals surface area contributed by atoms with Gasteiger partial charge in [0.2, 0.25) is 0 Å². The van der Waals surface area contributed by atoms with E-state index in [2.05, 4.69) is 42.5 Å². The second-order valence-corrected chi connectivity index (χ2v) is 7.18. The molecule has 0 saturated heterocycles. The number of esters is 1. The fourth-order valence-electron chi connectivity index (χ4n) is 4.32. The third-order valence-corrected chi connectivity index (χ3v) is 5.65. The van der Waals surface area contributed by atoms with Gasteiger partial charge in [0.05, 0.1) is 5.57 Å². The number of allylic oxidation sites excluding steroid dienone is 1. The summed E-state index contributed by atoms with van der Waals surface area (Å²) in [6.45, 7) is 0. The molecule has 23 heavy (non-hydrogen) atoms. The molecule has 0 radical (unpaired) electrons. The highest BCUT2D eigenvalue weighted by Gasteiger charge is 2.41. The first-order valence-corrected chi connectivity index (χ1v) is 8.96. The molecule has 2 heteroatoms. The van der Waals surface area contributed by atoms with E-state index in [9.17, 15) is 4.79 Å². The quantitative estimate of drug-likeness (QED) is 0.713. The molecular formula is C21H24O2. The number of benzene rings is 1. The van der Waals surface area contributed by atoms with Gasteiger partial charge < -0.3 is 4.74 Å². The van der Waals surface area contributed by atoms with Gasteiger partial charge in [-0.3, -0.25) is 0 Å². The molecule has 1 atom stereocenters. The van der Waals surface area contributed by atoms with Crippen molar-refractivity contribution in [2.75, 3.05) is 0 Å². The first-order chi connectivity index (χ1) is 11.3. The Kier molecular flexibility index (Phi) is 3.84. The van der Waals surface area contributed by atoms with Crippen LogP contribution in [0.4, 0.5) is 0 Å². The fraction of sp³-hybridized carbons (Fsp3) is 0.476. The minimum absolute atomic E-state index is 0.0867. The van der Waals surface area contributed by atoms with E-state index < -0.39 is 0 Å². The van der Waals surface area contributed by atoms with Crippen LogP contribution in [0.2, 0.25) is 0 Å². The molecule has 1 saturated carbocycles. The summed E-state index contributed by atoms with van der Waals surface area (Å²) in [6.07, 6.45) is 13.2. The number of carbonyl (C=O) groups is 1. The van der Waals surface area contributed by atoms with E-state index in [1.54, 1.807) is 0 Å². The lowest BCUT2D eigenvalue weighted by molar-refractivity contribution is -0.148. The molecular weight excluding hydrogens is 284 g/mol. The zero-order valence-corrected chi connectivity index (χ0v) is 13.6. The Balaban J connectivity index is 1.52. The first-order valence-electron chi connectivity index (χ1n) is 8.96. The van der Waals surface area contributed by atoms with Crippen molar-refractivity contribution < 1.29 is 9.53 Å². The lowest BCUT2D eigenvalue weighted by atomic mass is 9.80. The molecule has 3 aliphatic rings. The monoisotopic (exact) mass is 308 g/mol. The number of rotatable bonds is 2. The van der Waals surface area contributed by atoms with Crippen LogP contribution in [0.1, 0.15) is 62.8 Å². The van der Waals surface area contributed by atoms with Crippen LogP contribution in [0, 0.1) is 0 Å². The normalized spacial score (nSPS) is 26.6. The summed E-state index contributed by atoms with van der Waals surface area (Å²) in [7, 11) is 0. The maximum absolute atomic E-state index is 12.4. The van der Waals surface area contributed by atoms with Crippen LogP contribution in [0.15, 0.2) is 53.6 Å². The Morgan fingerprint density at radius 1 is 1.04 bits per heavy atom. The molecule has 4 rings (SSSR count). The standard InChI is InChI=1S/C21H24O2/c22-20-19(15-21(23-20)13-5-2-6-14-21)18-11-9-17(10-12-18)16-7-3-1-4-8-16/h1,3-4,7-8,11,15,17H,2,5-6,9-10,12-14H2. The highest BCUT2D eigenvalue weighted by Crippen LogP contribution is 2.42. The van der Waals surface area contributed by atoms with Gasteiger partial charge in [-0.05, 0) is 68.1 Å². The van der Waals surface area contributed by atoms with Crippen LogP contribution in [-0.4, -0.2) is 11.6 Å². The Morgan fingerprint density at radius 3 is 2.52 bits per heavy atom. The Morgan fingerprint density at radius 2 is 1.83 bits per heavy atom. The smallest absolute Gasteiger partial charge is 0.339 e. The van der Waals surface area contributed by atoms with Crippen LogP contribution >= 0.6 is 0 Å². The number of ether oxygens (including phenoxy) is 1. The molecule has 1 aromatic carbocycles. The summed E-state index contributed by atoms with van der Waals surface area (Å²) in [5.74, 6) is 0.498. The van der Waals surface area contributed by atoms with Crippen LogP contribution in [0.3, 0.4) is 0 Å². The SMILES string of the molecule is O=C1OC2(C=C1C1=CCC(c3ccccc3)CC1)CCCCC2. The van der Waals surface area contributed by atoms with Gasteiger partial charge in [-0.15, -0.1) is 0 Å². The Hall–Kier alpha value is -1.83. The average Bonchev–Trinajstić information content (AvgIpc) is 2.92. The summed E-state index contributed by atoms with van der Waals surface area (Å²) in [5, 5.41) is 0. The molecule has 1 spiro atoms. The zero-order chi connectivity index (χ0) is 15.7. The van der Waals surface area contributed by atoms with E-state index in [0.717, 1.165) is 37.7 Å². The van der Waals surface area contributed by atoms with Gasteiger partial charge in [0, 0.05) is 0 Å². The van der Waals surface area contributed by atoms with Crippen molar-refractivity contribution in [2.45, 2.75) is 62.9 Å². The molecule has 0 amide bonds. The lowest BCUT2D eigenvalue weighted by Gasteiger charge is -2.30. The number of hydrogen-bond donors (Lipinski definition) is 0. The van der Waals surface area contributed by atoms with E-state index in [0.29, 0.717) is 5.92 Å². The summed E-state index contributed by atoms with van der Waals surface area (Å²) in [6, 6.07) is 10.7. The minimum Gasteiger partial charge on any atom is -0.451 e. The maximum Gasteiger partial charge on any atom is 0.339 e. The molecule has 1 fully saturated rings. The number of carbonyl (C=O) groups excluding carboxylic acids is 1. The molecule has 2 aliphatic carbocycles. The molecule has 120 valence electrons. The van der Waals surface area contributed by atoms with Gasteiger partial charge in [-0.1, -0.05) is 42.8 Å². The molecule has 1 aromatic rings. The van der Waals surface area contributed by atoms with Crippen molar-refractivity contribution in [2.24, 2.45) is 0 Å². The summed E-state index contributed by atoms with van der Waals surface area (Å²) >= 11 is 0. The zero-order valence-electron chi connectivity index (χ0n) is 13.6. The van der Waals surface area contributed by atoms with E-state index in [1.165, 1.54) is 30.4 Å². The van der Waals surface area contributed by atoms with Gasteiger partial charge in [-0.2, -0.15) is 0 Å². The van der Waals surface area contributed by atoms with Crippen LogP contribution < -0.4 is 0 Å². The maximum atomic E-state index is 12.4. The van der Waals surface area contributed by atoms with Crippen molar-refractivity contribution in [1.82, 2.24) is 0 Å². The molecule has 2 nitrogen and oxygen atoms in total. The van der Waals surface area contributed by atoms with E-state index in [1.807, 2.05) is 0 Å². The van der Waals surface area contributed by atoms with Crippen LogP contribution in [-0.2, 0) is 9.53 Å². The molecule has 0 aromatic heterocycles. The second-order valence-electron chi connectivity index (χ2n) is 7.18. The summed E-state index contributed by atoms with van der Waals surface area (Å²) in [5.41, 5.74) is 3.21. The van der Waals surface area contributed by atoms with Crippen molar-refractivity contribution in [3.63, 3.8) is 0 Å². The third kappa shape index (κ3) is 2.87. The van der Waals surface area contributed by atoms with E-state index >= 15 is 0 Å². The molecule has 0 bridgehead atoms. The Labute approximate surface area is 138 Å². The average molecular weight is 308 g/mol. The van der Waals surface area contributed by atoms with E-state index in [4.69, 9.17) is 4.74 Å². The van der Waals surface area contributed by atoms with E-state index in [-0.39, 0.29) is 11.6 Å². The van der Waals surface area contributed by atoms with Gasteiger partial charge >= 0.3 is 5.97 Å². The van der Waals surface area contributed by atoms with Gasteiger partial charge in [0.25, 0.3) is 0 Å².